The molecule has 0 unspecified atom stereocenters. The quantitative estimate of drug-likeness (QED) is 0.473. The van der Waals surface area contributed by atoms with Crippen molar-refractivity contribution in [1.29, 1.82) is 5.26 Å². The van der Waals surface area contributed by atoms with Gasteiger partial charge in [0.2, 0.25) is 0 Å². The van der Waals surface area contributed by atoms with Crippen LogP contribution in [-0.4, -0.2) is 47.4 Å². The molecule has 4 saturated carbocycles. The van der Waals surface area contributed by atoms with Gasteiger partial charge in [-0.15, -0.1) is 0 Å². The number of carbonyl (C=O) groups excluding carboxylic acids is 1. The van der Waals surface area contributed by atoms with Gasteiger partial charge in [0.1, 0.15) is 11.6 Å². The van der Waals surface area contributed by atoms with E-state index in [1.165, 1.54) is 49.7 Å². The van der Waals surface area contributed by atoms with Crippen molar-refractivity contribution in [3.8, 4) is 6.07 Å². The SMILES string of the molecule is N#C/C(=C/NC12CC3CC(CC(C3)C1)C2)C(=O)N1CCN(C(c2ccccc2)c2ccccc2)CC1. The van der Waals surface area contributed by atoms with Crippen molar-refractivity contribution < 1.29 is 4.79 Å². The third-order valence-corrected chi connectivity index (χ3v) is 9.11. The first-order chi connectivity index (χ1) is 17.6. The normalized spacial score (nSPS) is 29.8. The Morgan fingerprint density at radius 3 is 1.83 bits per heavy atom. The number of nitrogens with one attached hydrogen (secondary N) is 1. The predicted octanol–water partition coefficient (Wildman–Crippen LogP) is 4.89. The minimum Gasteiger partial charge on any atom is -0.384 e. The summed E-state index contributed by atoms with van der Waals surface area (Å²) in [7, 11) is 0. The van der Waals surface area contributed by atoms with Crippen LogP contribution >= 0.6 is 0 Å². The second-order valence-electron chi connectivity index (χ2n) is 11.6. The van der Waals surface area contributed by atoms with Gasteiger partial charge in [-0.25, -0.2) is 0 Å². The zero-order valence-corrected chi connectivity index (χ0v) is 21.0. The van der Waals surface area contributed by atoms with Gasteiger partial charge in [0.25, 0.3) is 5.91 Å². The smallest absolute Gasteiger partial charge is 0.266 e. The molecule has 4 aliphatic carbocycles. The van der Waals surface area contributed by atoms with E-state index in [4.69, 9.17) is 0 Å². The summed E-state index contributed by atoms with van der Waals surface area (Å²) in [4.78, 5) is 17.7. The molecule has 0 radical (unpaired) electrons. The molecule has 4 bridgehead atoms. The van der Waals surface area contributed by atoms with Crippen molar-refractivity contribution in [3.05, 3.63) is 83.6 Å². The summed E-state index contributed by atoms with van der Waals surface area (Å²) in [5.41, 5.74) is 2.89. The lowest BCUT2D eigenvalue weighted by Crippen LogP contribution is -2.57. The van der Waals surface area contributed by atoms with Gasteiger partial charge in [0.15, 0.2) is 0 Å². The van der Waals surface area contributed by atoms with Crippen LogP contribution in [0.5, 0.6) is 0 Å². The van der Waals surface area contributed by atoms with Crippen molar-refractivity contribution in [2.24, 2.45) is 17.8 Å². The Kier molecular flexibility index (Phi) is 6.31. The molecule has 1 amide bonds. The molecular weight excluding hydrogens is 444 g/mol. The third kappa shape index (κ3) is 4.55. The molecule has 5 nitrogen and oxygen atoms in total. The number of nitriles is 1. The molecule has 36 heavy (non-hydrogen) atoms. The Hall–Kier alpha value is -3.10. The molecule has 7 rings (SSSR count). The van der Waals surface area contributed by atoms with Gasteiger partial charge in [-0.2, -0.15) is 5.26 Å². The fourth-order valence-corrected chi connectivity index (χ4v) is 7.89. The minimum absolute atomic E-state index is 0.106. The Labute approximate surface area is 214 Å². The minimum atomic E-state index is -0.134. The first-order valence-electron chi connectivity index (χ1n) is 13.6. The third-order valence-electron chi connectivity index (χ3n) is 9.11. The van der Waals surface area contributed by atoms with Gasteiger partial charge in [-0.05, 0) is 67.4 Å². The van der Waals surface area contributed by atoms with Gasteiger partial charge in [-0.1, -0.05) is 60.7 Å². The first kappa shape index (κ1) is 23.3. The molecule has 5 aliphatic rings. The Morgan fingerprint density at radius 1 is 0.861 bits per heavy atom. The Morgan fingerprint density at radius 2 is 1.36 bits per heavy atom. The number of hydrogen-bond acceptors (Lipinski definition) is 4. The molecule has 1 heterocycles. The maximum Gasteiger partial charge on any atom is 0.266 e. The number of amides is 1. The van der Waals surface area contributed by atoms with E-state index < -0.39 is 0 Å². The van der Waals surface area contributed by atoms with E-state index in [1.54, 1.807) is 6.20 Å². The molecule has 1 saturated heterocycles. The van der Waals surface area contributed by atoms with Crippen LogP contribution in [0.25, 0.3) is 0 Å². The highest BCUT2D eigenvalue weighted by Crippen LogP contribution is 2.55. The van der Waals surface area contributed by atoms with Crippen LogP contribution in [0.2, 0.25) is 0 Å². The fourth-order valence-electron chi connectivity index (χ4n) is 7.89. The van der Waals surface area contributed by atoms with Gasteiger partial charge >= 0.3 is 0 Å². The van der Waals surface area contributed by atoms with Crippen LogP contribution in [0, 0.1) is 29.1 Å². The summed E-state index contributed by atoms with van der Waals surface area (Å²) in [5, 5.41) is 13.5. The number of nitrogens with zero attached hydrogens (tertiary/aromatic N) is 3. The highest BCUT2D eigenvalue weighted by Gasteiger charge is 2.50. The molecular formula is C31H36N4O. The molecule has 1 aliphatic heterocycles. The summed E-state index contributed by atoms with van der Waals surface area (Å²) in [6.45, 7) is 2.82. The van der Waals surface area contributed by atoms with Gasteiger partial charge in [0.05, 0.1) is 6.04 Å². The van der Waals surface area contributed by atoms with Gasteiger partial charge in [0, 0.05) is 37.9 Å². The fraction of sp³-hybridized carbons (Fsp3) is 0.484. The van der Waals surface area contributed by atoms with Crippen LogP contribution < -0.4 is 5.32 Å². The summed E-state index contributed by atoms with van der Waals surface area (Å²) in [6, 6.07) is 23.6. The summed E-state index contributed by atoms with van der Waals surface area (Å²) >= 11 is 0. The highest BCUT2D eigenvalue weighted by molar-refractivity contribution is 5.97. The van der Waals surface area contributed by atoms with Crippen LogP contribution in [-0.2, 0) is 4.79 Å². The Bertz CT molecular complexity index is 1070. The van der Waals surface area contributed by atoms with E-state index in [0.717, 1.165) is 30.8 Å². The van der Waals surface area contributed by atoms with Gasteiger partial charge in [-0.3, -0.25) is 9.69 Å². The maximum atomic E-state index is 13.3. The van der Waals surface area contributed by atoms with Crippen molar-refractivity contribution in [2.45, 2.75) is 50.1 Å². The number of carbonyl (C=O) groups is 1. The monoisotopic (exact) mass is 480 g/mol. The number of hydrogen-bond donors (Lipinski definition) is 1. The zero-order chi connectivity index (χ0) is 24.5. The zero-order valence-electron chi connectivity index (χ0n) is 21.0. The van der Waals surface area contributed by atoms with E-state index in [0.29, 0.717) is 13.1 Å². The maximum absolute atomic E-state index is 13.3. The average Bonchev–Trinajstić information content (AvgIpc) is 2.90. The molecule has 2 aromatic rings. The molecule has 1 N–H and O–H groups in total. The molecule has 2 aromatic carbocycles. The second kappa shape index (κ2) is 9.75. The van der Waals surface area contributed by atoms with Crippen molar-refractivity contribution in [3.63, 3.8) is 0 Å². The lowest BCUT2D eigenvalue weighted by molar-refractivity contribution is -0.128. The second-order valence-corrected chi connectivity index (χ2v) is 11.6. The number of piperazine rings is 1. The van der Waals surface area contributed by atoms with E-state index in [2.05, 4.69) is 76.9 Å². The molecule has 0 atom stereocenters. The van der Waals surface area contributed by atoms with E-state index in [9.17, 15) is 10.1 Å². The average molecular weight is 481 g/mol. The first-order valence-corrected chi connectivity index (χ1v) is 13.6. The largest absolute Gasteiger partial charge is 0.384 e. The predicted molar refractivity (Wildman–Crippen MR) is 141 cm³/mol. The molecule has 0 aromatic heterocycles. The number of rotatable bonds is 6. The van der Waals surface area contributed by atoms with Crippen LogP contribution in [0.3, 0.4) is 0 Å². The summed E-state index contributed by atoms with van der Waals surface area (Å²) in [6.07, 6.45) is 9.49. The van der Waals surface area contributed by atoms with E-state index in [1.807, 2.05) is 4.90 Å². The standard InChI is InChI=1S/C31H36N4O/c32-21-28(22-33-31-18-23-15-24(19-31)17-25(16-23)20-31)30(36)35-13-11-34(12-14-35)29(26-7-3-1-4-8-26)27-9-5-2-6-10-27/h1-10,22-25,29,33H,11-20H2/b28-22-. The number of benzene rings is 2. The lowest BCUT2D eigenvalue weighted by atomic mass is 9.53. The summed E-state index contributed by atoms with van der Waals surface area (Å²) < 4.78 is 0. The molecule has 5 heteroatoms. The molecule has 0 spiro atoms. The van der Waals surface area contributed by atoms with E-state index >= 15 is 0 Å². The van der Waals surface area contributed by atoms with Crippen LogP contribution in [0.15, 0.2) is 72.4 Å². The van der Waals surface area contributed by atoms with Crippen molar-refractivity contribution in [1.82, 2.24) is 15.1 Å². The van der Waals surface area contributed by atoms with Crippen molar-refractivity contribution in [2.75, 3.05) is 26.2 Å². The highest BCUT2D eigenvalue weighted by atomic mass is 16.2. The van der Waals surface area contributed by atoms with Crippen LogP contribution in [0.1, 0.15) is 55.7 Å². The van der Waals surface area contributed by atoms with Crippen molar-refractivity contribution >= 4 is 5.91 Å². The summed E-state index contributed by atoms with van der Waals surface area (Å²) in [5.74, 6) is 2.35. The molecule has 186 valence electrons. The van der Waals surface area contributed by atoms with Crippen LogP contribution in [0.4, 0.5) is 0 Å². The topological polar surface area (TPSA) is 59.4 Å². The lowest BCUT2D eigenvalue weighted by Gasteiger charge is -2.57. The molecule has 5 fully saturated rings. The van der Waals surface area contributed by atoms with E-state index in [-0.39, 0.29) is 23.1 Å². The van der Waals surface area contributed by atoms with Gasteiger partial charge < -0.3 is 10.2 Å². The Balaban J connectivity index is 1.12.